The number of piperazine rings is 1. The molecule has 2 saturated heterocycles. The zero-order valence-electron chi connectivity index (χ0n) is 18.1. The SMILES string of the molecule is Cc1c(CN2CCN(S(C)(=O)=O)CC2)nc(-c2ccc(N)cc2)nc1N1CCOCC1. The number of morpholine rings is 1. The van der Waals surface area contributed by atoms with Crippen LogP contribution in [0.4, 0.5) is 11.5 Å². The summed E-state index contributed by atoms with van der Waals surface area (Å²) in [6.45, 7) is 8.06. The van der Waals surface area contributed by atoms with Gasteiger partial charge < -0.3 is 15.4 Å². The number of nitrogen functional groups attached to an aromatic ring is 1. The molecule has 0 atom stereocenters. The molecule has 0 bridgehead atoms. The lowest BCUT2D eigenvalue weighted by Crippen LogP contribution is -2.48. The third-order valence-electron chi connectivity index (χ3n) is 5.87. The second-order valence-corrected chi connectivity index (χ2v) is 10.1. The number of nitrogens with zero attached hydrogens (tertiary/aromatic N) is 5. The Bertz CT molecular complexity index is 1010. The predicted octanol–water partition coefficient (Wildman–Crippen LogP) is 0.948. The van der Waals surface area contributed by atoms with Crippen molar-refractivity contribution in [1.82, 2.24) is 19.2 Å². The summed E-state index contributed by atoms with van der Waals surface area (Å²) in [7, 11) is -3.15. The van der Waals surface area contributed by atoms with Crippen LogP contribution in [0, 0.1) is 6.92 Å². The van der Waals surface area contributed by atoms with E-state index in [4.69, 9.17) is 20.4 Å². The highest BCUT2D eigenvalue weighted by molar-refractivity contribution is 7.88. The molecular formula is C21H30N6O3S. The molecule has 0 amide bonds. The van der Waals surface area contributed by atoms with Crippen molar-refractivity contribution in [2.45, 2.75) is 13.5 Å². The van der Waals surface area contributed by atoms with Crippen LogP contribution in [0.3, 0.4) is 0 Å². The second-order valence-electron chi connectivity index (χ2n) is 8.10. The van der Waals surface area contributed by atoms with Gasteiger partial charge in [-0.3, -0.25) is 4.90 Å². The summed E-state index contributed by atoms with van der Waals surface area (Å²) >= 11 is 0. The van der Waals surface area contributed by atoms with Crippen LogP contribution in [0.2, 0.25) is 0 Å². The molecule has 2 aliphatic rings. The van der Waals surface area contributed by atoms with Crippen molar-refractivity contribution in [2.75, 3.05) is 69.4 Å². The molecule has 0 aliphatic carbocycles. The lowest BCUT2D eigenvalue weighted by atomic mass is 10.1. The summed E-state index contributed by atoms with van der Waals surface area (Å²) in [4.78, 5) is 14.3. The molecule has 0 saturated carbocycles. The zero-order chi connectivity index (χ0) is 22.0. The molecule has 2 aliphatic heterocycles. The van der Waals surface area contributed by atoms with Gasteiger partial charge in [0, 0.05) is 62.6 Å². The Hall–Kier alpha value is -2.27. The van der Waals surface area contributed by atoms with E-state index in [1.54, 1.807) is 0 Å². The van der Waals surface area contributed by atoms with Crippen molar-refractivity contribution in [3.05, 3.63) is 35.5 Å². The van der Waals surface area contributed by atoms with E-state index >= 15 is 0 Å². The third kappa shape index (κ3) is 5.15. The Morgan fingerprint density at radius 3 is 2.26 bits per heavy atom. The number of nitrogens with two attached hydrogens (primary N) is 1. The molecule has 0 radical (unpaired) electrons. The standard InChI is InChI=1S/C21H30N6O3S/c1-16-19(15-25-7-9-27(10-8-25)31(2,28)29)23-20(17-3-5-18(22)6-4-17)24-21(16)26-11-13-30-14-12-26/h3-6H,7-15,22H2,1-2H3. The van der Waals surface area contributed by atoms with Crippen LogP contribution in [0.1, 0.15) is 11.3 Å². The number of sulfonamides is 1. The molecule has 10 heteroatoms. The first-order valence-electron chi connectivity index (χ1n) is 10.5. The maximum absolute atomic E-state index is 11.8. The second kappa shape index (κ2) is 9.07. The Morgan fingerprint density at radius 2 is 1.65 bits per heavy atom. The molecule has 2 N–H and O–H groups in total. The number of rotatable bonds is 5. The molecule has 0 unspecified atom stereocenters. The summed E-state index contributed by atoms with van der Waals surface area (Å²) in [6, 6.07) is 7.60. The molecule has 3 heterocycles. The van der Waals surface area contributed by atoms with Crippen LogP contribution >= 0.6 is 0 Å². The topological polar surface area (TPSA) is 105 Å². The van der Waals surface area contributed by atoms with Gasteiger partial charge in [-0.15, -0.1) is 0 Å². The van der Waals surface area contributed by atoms with Gasteiger partial charge in [-0.05, 0) is 31.2 Å². The molecule has 31 heavy (non-hydrogen) atoms. The van der Waals surface area contributed by atoms with Gasteiger partial charge in [0.25, 0.3) is 0 Å². The van der Waals surface area contributed by atoms with Crippen LogP contribution in [0.15, 0.2) is 24.3 Å². The van der Waals surface area contributed by atoms with Gasteiger partial charge in [0.05, 0.1) is 25.2 Å². The summed E-state index contributed by atoms with van der Waals surface area (Å²) in [5.41, 5.74) is 9.51. The summed E-state index contributed by atoms with van der Waals surface area (Å²) in [6.07, 6.45) is 1.27. The van der Waals surface area contributed by atoms with Crippen molar-refractivity contribution in [2.24, 2.45) is 0 Å². The van der Waals surface area contributed by atoms with E-state index in [0.717, 1.165) is 35.7 Å². The highest BCUT2D eigenvalue weighted by Gasteiger charge is 2.25. The number of hydrogen-bond acceptors (Lipinski definition) is 8. The lowest BCUT2D eigenvalue weighted by molar-refractivity contribution is 0.122. The number of ether oxygens (including phenoxy) is 1. The summed E-state index contributed by atoms with van der Waals surface area (Å²) in [5, 5.41) is 0. The predicted molar refractivity (Wildman–Crippen MR) is 121 cm³/mol. The third-order valence-corrected chi connectivity index (χ3v) is 7.18. The molecule has 4 rings (SSSR count). The molecule has 1 aromatic heterocycles. The molecule has 2 aromatic rings. The Morgan fingerprint density at radius 1 is 1.00 bits per heavy atom. The minimum Gasteiger partial charge on any atom is -0.399 e. The monoisotopic (exact) mass is 446 g/mol. The Balaban J connectivity index is 1.62. The van der Waals surface area contributed by atoms with E-state index in [-0.39, 0.29) is 0 Å². The van der Waals surface area contributed by atoms with Gasteiger partial charge in [0.2, 0.25) is 10.0 Å². The van der Waals surface area contributed by atoms with Gasteiger partial charge in [-0.25, -0.2) is 18.4 Å². The smallest absolute Gasteiger partial charge is 0.211 e. The minimum absolute atomic E-state index is 0.504. The maximum Gasteiger partial charge on any atom is 0.211 e. The van der Waals surface area contributed by atoms with Gasteiger partial charge in [0.15, 0.2) is 5.82 Å². The fraction of sp³-hybridized carbons (Fsp3) is 0.524. The van der Waals surface area contributed by atoms with E-state index < -0.39 is 10.0 Å². The van der Waals surface area contributed by atoms with Crippen LogP contribution < -0.4 is 10.6 Å². The molecule has 168 valence electrons. The van der Waals surface area contributed by atoms with Crippen molar-refractivity contribution in [3.8, 4) is 11.4 Å². The van der Waals surface area contributed by atoms with Crippen molar-refractivity contribution in [3.63, 3.8) is 0 Å². The van der Waals surface area contributed by atoms with E-state index in [1.165, 1.54) is 10.6 Å². The fourth-order valence-corrected chi connectivity index (χ4v) is 4.81. The summed E-state index contributed by atoms with van der Waals surface area (Å²) in [5.74, 6) is 1.62. The van der Waals surface area contributed by atoms with Gasteiger partial charge >= 0.3 is 0 Å². The molecular weight excluding hydrogens is 416 g/mol. The number of aromatic nitrogens is 2. The van der Waals surface area contributed by atoms with E-state index in [1.807, 2.05) is 24.3 Å². The first kappa shape index (κ1) is 21.9. The van der Waals surface area contributed by atoms with Crippen LogP contribution in [0.25, 0.3) is 11.4 Å². The van der Waals surface area contributed by atoms with Crippen LogP contribution in [0.5, 0.6) is 0 Å². The minimum atomic E-state index is -3.15. The number of benzene rings is 1. The van der Waals surface area contributed by atoms with Crippen molar-refractivity contribution in [1.29, 1.82) is 0 Å². The molecule has 0 spiro atoms. The first-order chi connectivity index (χ1) is 14.8. The van der Waals surface area contributed by atoms with E-state index in [9.17, 15) is 8.42 Å². The van der Waals surface area contributed by atoms with Crippen molar-refractivity contribution < 1.29 is 13.2 Å². The highest BCUT2D eigenvalue weighted by Crippen LogP contribution is 2.27. The number of hydrogen-bond donors (Lipinski definition) is 1. The lowest BCUT2D eigenvalue weighted by Gasteiger charge is -2.34. The average Bonchev–Trinajstić information content (AvgIpc) is 2.76. The van der Waals surface area contributed by atoms with Crippen LogP contribution in [-0.4, -0.2) is 86.3 Å². The Labute approximate surface area is 183 Å². The van der Waals surface area contributed by atoms with E-state index in [2.05, 4.69) is 16.7 Å². The highest BCUT2D eigenvalue weighted by atomic mass is 32.2. The van der Waals surface area contributed by atoms with Gasteiger partial charge in [-0.2, -0.15) is 4.31 Å². The fourth-order valence-electron chi connectivity index (χ4n) is 3.98. The van der Waals surface area contributed by atoms with Gasteiger partial charge in [-0.1, -0.05) is 0 Å². The largest absolute Gasteiger partial charge is 0.399 e. The zero-order valence-corrected chi connectivity index (χ0v) is 18.9. The quantitative estimate of drug-likeness (QED) is 0.677. The first-order valence-corrected chi connectivity index (χ1v) is 12.4. The molecule has 1 aromatic carbocycles. The maximum atomic E-state index is 11.8. The molecule has 2 fully saturated rings. The number of anilines is 2. The Kier molecular flexibility index (Phi) is 6.42. The van der Waals surface area contributed by atoms with E-state index in [0.29, 0.717) is 57.4 Å². The normalized spacial score (nSPS) is 19.0. The average molecular weight is 447 g/mol. The molecule has 9 nitrogen and oxygen atoms in total. The van der Waals surface area contributed by atoms with Crippen molar-refractivity contribution >= 4 is 21.5 Å². The van der Waals surface area contributed by atoms with Gasteiger partial charge in [0.1, 0.15) is 5.82 Å². The summed E-state index contributed by atoms with van der Waals surface area (Å²) < 4.78 is 30.7. The van der Waals surface area contributed by atoms with Crippen LogP contribution in [-0.2, 0) is 21.3 Å².